The monoisotopic (exact) mass is 292 g/mol. The van der Waals surface area contributed by atoms with Gasteiger partial charge in [-0.25, -0.2) is 8.42 Å². The lowest BCUT2D eigenvalue weighted by molar-refractivity contribution is -0.126. The van der Waals surface area contributed by atoms with Crippen LogP contribution in [0.1, 0.15) is 34.1 Å². The first-order chi connectivity index (χ1) is 8.43. The molecule has 0 spiro atoms. The van der Waals surface area contributed by atoms with Gasteiger partial charge in [-0.2, -0.15) is 0 Å². The SMILES string of the molecule is CC(C)(O)C(C)(C)NC(=O)CC1CS(=O)(=O)CCN1. The molecule has 1 rings (SSSR count). The zero-order valence-corrected chi connectivity index (χ0v) is 12.8. The van der Waals surface area contributed by atoms with Crippen molar-refractivity contribution in [2.45, 2.75) is 51.3 Å². The molecule has 0 aromatic rings. The molecule has 1 amide bonds. The van der Waals surface area contributed by atoms with Crippen LogP contribution in [0.5, 0.6) is 0 Å². The van der Waals surface area contributed by atoms with Crippen LogP contribution in [-0.4, -0.2) is 54.7 Å². The normalized spacial score (nSPS) is 23.9. The van der Waals surface area contributed by atoms with Crippen LogP contribution in [-0.2, 0) is 14.6 Å². The quantitative estimate of drug-likeness (QED) is 0.645. The fourth-order valence-corrected chi connectivity index (χ4v) is 3.22. The van der Waals surface area contributed by atoms with Crippen molar-refractivity contribution in [1.29, 1.82) is 0 Å². The first-order valence-electron chi connectivity index (χ1n) is 6.40. The molecule has 0 aliphatic carbocycles. The molecule has 1 aliphatic heterocycles. The third-order valence-electron chi connectivity index (χ3n) is 3.71. The smallest absolute Gasteiger partial charge is 0.222 e. The largest absolute Gasteiger partial charge is 0.388 e. The number of aliphatic hydroxyl groups is 1. The molecule has 0 radical (unpaired) electrons. The van der Waals surface area contributed by atoms with E-state index in [0.717, 1.165) is 0 Å². The van der Waals surface area contributed by atoms with Gasteiger partial charge in [-0.15, -0.1) is 0 Å². The zero-order chi connectivity index (χ0) is 14.9. The average molecular weight is 292 g/mol. The summed E-state index contributed by atoms with van der Waals surface area (Å²) in [5, 5.41) is 15.7. The second-order valence-electron chi connectivity index (χ2n) is 6.20. The van der Waals surface area contributed by atoms with Gasteiger partial charge in [0.15, 0.2) is 9.84 Å². The molecule has 0 saturated carbocycles. The summed E-state index contributed by atoms with van der Waals surface area (Å²) in [5.74, 6) is -0.148. The van der Waals surface area contributed by atoms with Crippen molar-refractivity contribution < 1.29 is 18.3 Å². The number of sulfone groups is 1. The van der Waals surface area contributed by atoms with Crippen LogP contribution < -0.4 is 10.6 Å². The number of carbonyl (C=O) groups is 1. The zero-order valence-electron chi connectivity index (χ0n) is 12.0. The summed E-state index contributed by atoms with van der Waals surface area (Å²) < 4.78 is 23.0. The predicted octanol–water partition coefficient (Wildman–Crippen LogP) is -0.571. The Morgan fingerprint density at radius 3 is 2.42 bits per heavy atom. The third-order valence-corrected chi connectivity index (χ3v) is 5.45. The highest BCUT2D eigenvalue weighted by atomic mass is 32.2. The van der Waals surface area contributed by atoms with E-state index in [1.165, 1.54) is 0 Å². The highest BCUT2D eigenvalue weighted by Crippen LogP contribution is 2.20. The number of amides is 1. The van der Waals surface area contributed by atoms with E-state index in [1.54, 1.807) is 27.7 Å². The van der Waals surface area contributed by atoms with Gasteiger partial charge in [-0.1, -0.05) is 0 Å². The average Bonchev–Trinajstić information content (AvgIpc) is 2.12. The van der Waals surface area contributed by atoms with Crippen LogP contribution in [0.25, 0.3) is 0 Å². The summed E-state index contributed by atoms with van der Waals surface area (Å²) in [6, 6.07) is -0.351. The lowest BCUT2D eigenvalue weighted by Gasteiger charge is -2.38. The van der Waals surface area contributed by atoms with Gasteiger partial charge in [-0.05, 0) is 27.7 Å². The Morgan fingerprint density at radius 2 is 1.95 bits per heavy atom. The van der Waals surface area contributed by atoms with Gasteiger partial charge < -0.3 is 15.7 Å². The van der Waals surface area contributed by atoms with E-state index in [0.29, 0.717) is 6.54 Å². The maximum Gasteiger partial charge on any atom is 0.222 e. The van der Waals surface area contributed by atoms with Crippen molar-refractivity contribution in [1.82, 2.24) is 10.6 Å². The molecular weight excluding hydrogens is 268 g/mol. The molecule has 1 atom stereocenters. The number of carbonyl (C=O) groups excluding carboxylic acids is 1. The van der Waals surface area contributed by atoms with Crippen LogP contribution in [0.3, 0.4) is 0 Å². The topological polar surface area (TPSA) is 95.5 Å². The second kappa shape index (κ2) is 5.38. The molecule has 3 N–H and O–H groups in total. The van der Waals surface area contributed by atoms with Gasteiger partial charge in [0.1, 0.15) is 0 Å². The van der Waals surface area contributed by atoms with Gasteiger partial charge in [0.2, 0.25) is 5.91 Å². The minimum atomic E-state index is -3.04. The van der Waals surface area contributed by atoms with E-state index < -0.39 is 21.0 Å². The summed E-state index contributed by atoms with van der Waals surface area (Å²) in [6.45, 7) is 7.09. The Labute approximate surface area is 114 Å². The molecule has 0 aromatic carbocycles. The Balaban J connectivity index is 2.57. The highest BCUT2D eigenvalue weighted by Gasteiger charge is 2.37. The number of hydrogen-bond donors (Lipinski definition) is 3. The van der Waals surface area contributed by atoms with Crippen LogP contribution in [0.4, 0.5) is 0 Å². The maximum atomic E-state index is 11.9. The van der Waals surface area contributed by atoms with E-state index in [9.17, 15) is 18.3 Å². The maximum absolute atomic E-state index is 11.9. The summed E-state index contributed by atoms with van der Waals surface area (Å²) in [5.41, 5.74) is -1.84. The van der Waals surface area contributed by atoms with Crippen LogP contribution >= 0.6 is 0 Å². The summed E-state index contributed by atoms with van der Waals surface area (Å²) >= 11 is 0. The summed E-state index contributed by atoms with van der Waals surface area (Å²) in [7, 11) is -3.04. The molecular formula is C12H24N2O4S. The van der Waals surface area contributed by atoms with Crippen molar-refractivity contribution >= 4 is 15.7 Å². The molecule has 1 saturated heterocycles. The molecule has 1 fully saturated rings. The van der Waals surface area contributed by atoms with Crippen LogP contribution in [0.15, 0.2) is 0 Å². The fraction of sp³-hybridized carbons (Fsp3) is 0.917. The van der Waals surface area contributed by atoms with Crippen molar-refractivity contribution in [3.8, 4) is 0 Å². The molecule has 1 unspecified atom stereocenters. The minimum absolute atomic E-state index is 0.0105. The van der Waals surface area contributed by atoms with E-state index in [1.807, 2.05) is 0 Å². The van der Waals surface area contributed by atoms with E-state index in [4.69, 9.17) is 0 Å². The predicted molar refractivity (Wildman–Crippen MR) is 73.6 cm³/mol. The van der Waals surface area contributed by atoms with E-state index in [-0.39, 0.29) is 29.9 Å². The molecule has 1 aliphatic rings. The van der Waals surface area contributed by atoms with Crippen molar-refractivity contribution in [3.63, 3.8) is 0 Å². The van der Waals surface area contributed by atoms with Gasteiger partial charge in [0.25, 0.3) is 0 Å². The van der Waals surface area contributed by atoms with Crippen LogP contribution in [0, 0.1) is 0 Å². The summed E-state index contributed by atoms with van der Waals surface area (Å²) in [4.78, 5) is 11.9. The molecule has 6 nitrogen and oxygen atoms in total. The minimum Gasteiger partial charge on any atom is -0.388 e. The Bertz CT molecular complexity index is 437. The first kappa shape index (κ1) is 16.4. The van der Waals surface area contributed by atoms with E-state index in [2.05, 4.69) is 10.6 Å². The highest BCUT2D eigenvalue weighted by molar-refractivity contribution is 7.91. The lowest BCUT2D eigenvalue weighted by Crippen LogP contribution is -2.58. The van der Waals surface area contributed by atoms with Crippen molar-refractivity contribution in [3.05, 3.63) is 0 Å². The molecule has 0 aromatic heterocycles. The summed E-state index contributed by atoms with van der Waals surface area (Å²) in [6.07, 6.45) is 0.0960. The van der Waals surface area contributed by atoms with Crippen molar-refractivity contribution in [2.24, 2.45) is 0 Å². The third kappa shape index (κ3) is 4.74. The van der Waals surface area contributed by atoms with Crippen LogP contribution in [0.2, 0.25) is 0 Å². The van der Waals surface area contributed by atoms with Gasteiger partial charge in [0.05, 0.1) is 22.6 Å². The number of rotatable bonds is 4. The van der Waals surface area contributed by atoms with Gasteiger partial charge in [0, 0.05) is 19.0 Å². The molecule has 1 heterocycles. The Kier molecular flexibility index (Phi) is 4.64. The standard InChI is InChI=1S/C12H24N2O4S/c1-11(2,12(3,4)16)14-10(15)7-9-8-19(17,18)6-5-13-9/h9,13,16H,5-8H2,1-4H3,(H,14,15). The fourth-order valence-electron chi connectivity index (χ4n) is 1.77. The van der Waals surface area contributed by atoms with E-state index >= 15 is 0 Å². The Hall–Kier alpha value is -0.660. The molecule has 0 bridgehead atoms. The second-order valence-corrected chi connectivity index (χ2v) is 8.43. The Morgan fingerprint density at radius 1 is 1.37 bits per heavy atom. The van der Waals surface area contributed by atoms with Gasteiger partial charge >= 0.3 is 0 Å². The molecule has 7 heteroatoms. The van der Waals surface area contributed by atoms with Gasteiger partial charge in [-0.3, -0.25) is 4.79 Å². The lowest BCUT2D eigenvalue weighted by atomic mass is 9.86. The number of nitrogens with one attached hydrogen (secondary N) is 2. The first-order valence-corrected chi connectivity index (χ1v) is 8.22. The van der Waals surface area contributed by atoms with Crippen molar-refractivity contribution in [2.75, 3.05) is 18.1 Å². The molecule has 112 valence electrons. The molecule has 19 heavy (non-hydrogen) atoms. The number of hydrogen-bond acceptors (Lipinski definition) is 5.